The Bertz CT molecular complexity index is 1490. The predicted octanol–water partition coefficient (Wildman–Crippen LogP) is 6.49. The Morgan fingerprint density at radius 2 is 1.68 bits per heavy atom. The largest absolute Gasteiger partial charge is 0.507 e. The monoisotopic (exact) mass is 538 g/mol. The zero-order chi connectivity index (χ0) is 28.1. The van der Waals surface area contributed by atoms with Crippen LogP contribution in [0.2, 0.25) is 0 Å². The molecule has 0 atom stereocenters. The van der Waals surface area contributed by atoms with E-state index in [1.165, 1.54) is 10.7 Å². The number of ether oxygens (including phenoxy) is 1. The van der Waals surface area contributed by atoms with Crippen LogP contribution in [0.5, 0.6) is 11.5 Å². The van der Waals surface area contributed by atoms with Crippen molar-refractivity contribution in [3.63, 3.8) is 0 Å². The van der Waals surface area contributed by atoms with E-state index >= 15 is 0 Å². The summed E-state index contributed by atoms with van der Waals surface area (Å²) in [5, 5.41) is 21.2. The fourth-order valence-corrected chi connectivity index (χ4v) is 5.11. The van der Waals surface area contributed by atoms with E-state index in [1.807, 2.05) is 42.5 Å². The Labute approximate surface area is 234 Å². The van der Waals surface area contributed by atoms with Gasteiger partial charge in [-0.05, 0) is 78.9 Å². The number of benzene rings is 3. The fourth-order valence-electron chi connectivity index (χ4n) is 5.11. The first-order valence-corrected chi connectivity index (χ1v) is 13.7. The van der Waals surface area contributed by atoms with Crippen molar-refractivity contribution in [3.8, 4) is 22.8 Å². The van der Waals surface area contributed by atoms with Gasteiger partial charge in [0, 0.05) is 29.3 Å². The van der Waals surface area contributed by atoms with Gasteiger partial charge in [0.2, 0.25) is 0 Å². The van der Waals surface area contributed by atoms with Crippen LogP contribution in [-0.4, -0.2) is 33.9 Å². The molecule has 1 aliphatic carbocycles. The van der Waals surface area contributed by atoms with Gasteiger partial charge in [0.05, 0.1) is 18.5 Å². The fraction of sp³-hybridized carbons (Fsp3) is 0.281. The van der Waals surface area contributed by atoms with Gasteiger partial charge in [0.15, 0.2) is 0 Å². The van der Waals surface area contributed by atoms with E-state index < -0.39 is 0 Å². The van der Waals surface area contributed by atoms with Gasteiger partial charge in [-0.2, -0.15) is 9.78 Å². The average Bonchev–Trinajstić information content (AvgIpc) is 3.68. The molecule has 1 aliphatic rings. The molecule has 1 saturated carbocycles. The number of aromatic hydroxyl groups is 1. The van der Waals surface area contributed by atoms with Crippen molar-refractivity contribution in [1.82, 2.24) is 15.1 Å². The third-order valence-corrected chi connectivity index (χ3v) is 7.46. The van der Waals surface area contributed by atoms with Crippen LogP contribution in [-0.2, 0) is 13.0 Å². The first kappa shape index (κ1) is 27.0. The zero-order valence-corrected chi connectivity index (χ0v) is 22.8. The van der Waals surface area contributed by atoms with Gasteiger partial charge in [-0.3, -0.25) is 4.79 Å². The third-order valence-electron chi connectivity index (χ3n) is 7.46. The molecule has 0 saturated heterocycles. The van der Waals surface area contributed by atoms with Crippen LogP contribution >= 0.6 is 0 Å². The van der Waals surface area contributed by atoms with Gasteiger partial charge in [-0.1, -0.05) is 44.0 Å². The van der Waals surface area contributed by atoms with Crippen LogP contribution in [0, 0.1) is 0 Å². The van der Waals surface area contributed by atoms with Crippen molar-refractivity contribution >= 4 is 17.6 Å². The van der Waals surface area contributed by atoms with Crippen LogP contribution in [0.25, 0.3) is 11.3 Å². The summed E-state index contributed by atoms with van der Waals surface area (Å²) in [5.41, 5.74) is 4.91. The molecule has 0 bridgehead atoms. The summed E-state index contributed by atoms with van der Waals surface area (Å²) < 4.78 is 6.63. The summed E-state index contributed by atoms with van der Waals surface area (Å²) >= 11 is 0. The van der Waals surface area contributed by atoms with Gasteiger partial charge in [-0.25, -0.2) is 4.79 Å². The normalized spacial score (nSPS) is 13.2. The number of carbonyl (C=O) groups is 2. The highest BCUT2D eigenvalue weighted by atomic mass is 16.5. The minimum atomic E-state index is -0.330. The Morgan fingerprint density at radius 1 is 0.975 bits per heavy atom. The number of anilines is 1. The smallest absolute Gasteiger partial charge is 0.342 e. The lowest BCUT2D eigenvalue weighted by Gasteiger charge is -2.12. The summed E-state index contributed by atoms with van der Waals surface area (Å²) in [6.45, 7) is 2.41. The van der Waals surface area contributed by atoms with Gasteiger partial charge in [-0.15, -0.1) is 0 Å². The number of nitrogens with one attached hydrogen (secondary N) is 2. The topological polar surface area (TPSA) is 105 Å². The molecule has 0 aliphatic heterocycles. The van der Waals surface area contributed by atoms with E-state index in [0.29, 0.717) is 29.1 Å². The Kier molecular flexibility index (Phi) is 8.15. The zero-order valence-electron chi connectivity index (χ0n) is 22.8. The van der Waals surface area contributed by atoms with Gasteiger partial charge in [0.1, 0.15) is 11.5 Å². The summed E-state index contributed by atoms with van der Waals surface area (Å²) in [7, 11) is 1.61. The summed E-state index contributed by atoms with van der Waals surface area (Å²) in [6, 6.07) is 21.4. The lowest BCUT2D eigenvalue weighted by Crippen LogP contribution is -2.30. The lowest BCUT2D eigenvalue weighted by molar-refractivity contribution is 0.102. The first-order chi connectivity index (χ1) is 19.4. The van der Waals surface area contributed by atoms with Crippen molar-refractivity contribution < 1.29 is 19.4 Å². The molecule has 5 rings (SSSR count). The van der Waals surface area contributed by atoms with Gasteiger partial charge >= 0.3 is 6.03 Å². The van der Waals surface area contributed by atoms with E-state index in [2.05, 4.69) is 22.7 Å². The van der Waals surface area contributed by atoms with Gasteiger partial charge < -0.3 is 20.5 Å². The number of nitrogens with zero attached hydrogens (tertiary/aromatic N) is 2. The van der Waals surface area contributed by atoms with Crippen molar-refractivity contribution in [2.75, 3.05) is 12.4 Å². The highest BCUT2D eigenvalue weighted by Gasteiger charge is 2.26. The average molecular weight is 539 g/mol. The van der Waals surface area contributed by atoms with Crippen molar-refractivity contribution in [2.45, 2.75) is 51.5 Å². The Morgan fingerprint density at radius 3 is 2.35 bits per heavy atom. The maximum absolute atomic E-state index is 13.3. The number of hydrogen-bond acceptors (Lipinski definition) is 5. The number of phenolic OH excluding ortho intramolecular Hbond substituents is 1. The van der Waals surface area contributed by atoms with Crippen molar-refractivity contribution in [1.29, 1.82) is 0 Å². The van der Waals surface area contributed by atoms with Crippen LogP contribution in [0.3, 0.4) is 0 Å². The van der Waals surface area contributed by atoms with E-state index in [-0.39, 0.29) is 23.6 Å². The second-order valence-corrected chi connectivity index (χ2v) is 10.1. The minimum Gasteiger partial charge on any atom is -0.507 e. The number of carbonyl (C=O) groups excluding carboxylic acids is 2. The number of aromatic nitrogens is 2. The van der Waals surface area contributed by atoms with Gasteiger partial charge in [0.25, 0.3) is 5.91 Å². The standard InChI is InChI=1S/C32H34N4O4/c1-3-21-8-12-24(13-9-21)31(38)34-25-14-17-30(37)27(18-25)28-19-29(23-6-4-5-7-23)36(35-28)32(39)33-20-22-10-15-26(40-2)16-11-22/h8-19,23,37H,3-7,20H2,1-2H3,(H,33,39)(H,34,38). The number of rotatable bonds is 8. The quantitative estimate of drug-likeness (QED) is 0.222. The molecule has 1 heterocycles. The molecular weight excluding hydrogens is 504 g/mol. The predicted molar refractivity (Wildman–Crippen MR) is 155 cm³/mol. The third kappa shape index (κ3) is 6.01. The number of aryl methyl sites for hydroxylation is 1. The molecule has 0 radical (unpaired) electrons. The first-order valence-electron chi connectivity index (χ1n) is 13.7. The maximum Gasteiger partial charge on any atom is 0.342 e. The molecule has 1 aromatic heterocycles. The molecule has 4 aromatic rings. The van der Waals surface area contributed by atoms with Crippen LogP contribution in [0.15, 0.2) is 72.8 Å². The molecule has 3 aromatic carbocycles. The highest BCUT2D eigenvalue weighted by molar-refractivity contribution is 6.04. The van der Waals surface area contributed by atoms with Crippen LogP contribution < -0.4 is 15.4 Å². The Balaban J connectivity index is 1.38. The highest BCUT2D eigenvalue weighted by Crippen LogP contribution is 2.38. The van der Waals surface area contributed by atoms with E-state index in [4.69, 9.17) is 4.74 Å². The SMILES string of the molecule is CCc1ccc(C(=O)Nc2ccc(O)c(-c3cc(C4CCCC4)n(C(=O)NCc4ccc(OC)cc4)n3)c2)cc1. The molecule has 2 amide bonds. The second-order valence-electron chi connectivity index (χ2n) is 10.1. The van der Waals surface area contributed by atoms with E-state index in [0.717, 1.165) is 54.7 Å². The molecule has 8 nitrogen and oxygen atoms in total. The van der Waals surface area contributed by atoms with Crippen LogP contribution in [0.4, 0.5) is 10.5 Å². The number of phenols is 1. The second kappa shape index (κ2) is 12.1. The maximum atomic E-state index is 13.3. The number of methoxy groups -OCH3 is 1. The molecule has 3 N–H and O–H groups in total. The summed E-state index contributed by atoms with van der Waals surface area (Å²) in [5.74, 6) is 0.744. The van der Waals surface area contributed by atoms with Crippen LogP contribution in [0.1, 0.15) is 65.7 Å². The molecule has 0 unspecified atom stereocenters. The molecule has 40 heavy (non-hydrogen) atoms. The lowest BCUT2D eigenvalue weighted by atomic mass is 10.0. The molecule has 8 heteroatoms. The molecular formula is C32H34N4O4. The van der Waals surface area contributed by atoms with E-state index in [1.54, 1.807) is 31.4 Å². The number of amides is 2. The minimum absolute atomic E-state index is 0.0200. The van der Waals surface area contributed by atoms with E-state index in [9.17, 15) is 14.7 Å². The van der Waals surface area contributed by atoms with Crippen molar-refractivity contribution in [3.05, 3.63) is 95.2 Å². The van der Waals surface area contributed by atoms with Crippen molar-refractivity contribution in [2.24, 2.45) is 0 Å². The molecule has 0 spiro atoms. The number of hydrogen-bond donors (Lipinski definition) is 3. The molecule has 206 valence electrons. The summed E-state index contributed by atoms with van der Waals surface area (Å²) in [6.07, 6.45) is 5.07. The Hall–Kier alpha value is -4.59. The molecule has 1 fully saturated rings. The summed E-state index contributed by atoms with van der Waals surface area (Å²) in [4.78, 5) is 26.1.